The van der Waals surface area contributed by atoms with Crippen LogP contribution in [0.4, 0.5) is 0 Å². The summed E-state index contributed by atoms with van der Waals surface area (Å²) in [4.78, 5) is 0. The van der Waals surface area contributed by atoms with Crippen molar-refractivity contribution in [3.8, 4) is 11.5 Å². The normalized spacial score (nSPS) is 20.0. The molecule has 0 fully saturated rings. The molecule has 0 aliphatic carbocycles. The van der Waals surface area contributed by atoms with Crippen LogP contribution in [0.15, 0.2) is 84.0 Å². The van der Waals surface area contributed by atoms with Crippen molar-refractivity contribution in [2.45, 2.75) is 25.6 Å². The molecule has 0 bridgehead atoms. The zero-order valence-electron chi connectivity index (χ0n) is 15.8. The third-order valence-electron chi connectivity index (χ3n) is 5.28. The average molecular weight is 370 g/mol. The highest BCUT2D eigenvalue weighted by molar-refractivity contribution is 6.01. The fourth-order valence-corrected chi connectivity index (χ4v) is 3.95. The summed E-state index contributed by atoms with van der Waals surface area (Å²) in [5.74, 6) is 1.81. The Kier molecular flexibility index (Phi) is 4.24. The van der Waals surface area contributed by atoms with Gasteiger partial charge in [-0.15, -0.1) is 0 Å². The second-order valence-electron chi connectivity index (χ2n) is 7.02. The van der Waals surface area contributed by atoms with Crippen LogP contribution in [-0.2, 0) is 0 Å². The van der Waals surface area contributed by atoms with Gasteiger partial charge in [0.05, 0.1) is 18.4 Å². The van der Waals surface area contributed by atoms with Gasteiger partial charge in [0, 0.05) is 17.5 Å². The molecule has 0 N–H and O–H groups in total. The maximum atomic E-state index is 6.39. The molecule has 4 nitrogen and oxygen atoms in total. The lowest BCUT2D eigenvalue weighted by molar-refractivity contribution is -0.0190. The van der Waals surface area contributed by atoms with E-state index in [0.717, 1.165) is 29.2 Å². The van der Waals surface area contributed by atoms with E-state index in [0.29, 0.717) is 6.61 Å². The van der Waals surface area contributed by atoms with Crippen molar-refractivity contribution in [1.29, 1.82) is 0 Å². The van der Waals surface area contributed by atoms with E-state index in [1.807, 2.05) is 31.2 Å². The summed E-state index contributed by atoms with van der Waals surface area (Å²) >= 11 is 0. The van der Waals surface area contributed by atoms with Crippen LogP contribution in [0.3, 0.4) is 0 Å². The van der Waals surface area contributed by atoms with E-state index in [9.17, 15) is 0 Å². The fraction of sp³-hybridized carbons (Fsp3) is 0.208. The number of hydrogen-bond acceptors (Lipinski definition) is 4. The number of hydrazone groups is 1. The zero-order chi connectivity index (χ0) is 18.9. The second kappa shape index (κ2) is 7.04. The van der Waals surface area contributed by atoms with E-state index >= 15 is 0 Å². The average Bonchev–Trinajstić information content (AvgIpc) is 3.20. The monoisotopic (exact) mass is 370 g/mol. The van der Waals surface area contributed by atoms with E-state index in [1.165, 1.54) is 11.1 Å². The maximum Gasteiger partial charge on any atom is 0.213 e. The Bertz CT molecular complexity index is 999. The molecule has 2 aliphatic heterocycles. The third kappa shape index (κ3) is 2.91. The molecule has 3 aromatic carbocycles. The van der Waals surface area contributed by atoms with Gasteiger partial charge in [-0.3, -0.25) is 0 Å². The van der Waals surface area contributed by atoms with Gasteiger partial charge >= 0.3 is 0 Å². The molecule has 2 heterocycles. The summed E-state index contributed by atoms with van der Waals surface area (Å²) < 4.78 is 12.0. The quantitative estimate of drug-likeness (QED) is 0.623. The highest BCUT2D eigenvalue weighted by Gasteiger charge is 2.40. The lowest BCUT2D eigenvalue weighted by Crippen LogP contribution is -2.33. The minimum absolute atomic E-state index is 0.178. The number of nitrogens with zero attached hydrogens (tertiary/aromatic N) is 2. The summed E-state index contributed by atoms with van der Waals surface area (Å²) in [6.45, 7) is 2.65. The Morgan fingerprint density at radius 2 is 1.71 bits per heavy atom. The van der Waals surface area contributed by atoms with Crippen LogP contribution in [0.5, 0.6) is 11.5 Å². The Morgan fingerprint density at radius 1 is 0.964 bits per heavy atom. The summed E-state index contributed by atoms with van der Waals surface area (Å²) in [5, 5.41) is 7.10. The highest BCUT2D eigenvalue weighted by Crippen LogP contribution is 2.47. The molecule has 0 aromatic heterocycles. The Balaban J connectivity index is 1.54. The molecule has 2 aliphatic rings. The van der Waals surface area contributed by atoms with Crippen molar-refractivity contribution in [3.63, 3.8) is 0 Å². The zero-order valence-corrected chi connectivity index (χ0v) is 15.8. The number of benzene rings is 3. The molecule has 0 amide bonds. The summed E-state index contributed by atoms with van der Waals surface area (Å²) in [5.41, 5.74) is 4.53. The van der Waals surface area contributed by atoms with E-state index < -0.39 is 0 Å². The van der Waals surface area contributed by atoms with Crippen LogP contribution < -0.4 is 9.47 Å². The number of para-hydroxylation sites is 1. The van der Waals surface area contributed by atoms with Gasteiger partial charge in [0.2, 0.25) is 6.23 Å². The van der Waals surface area contributed by atoms with Crippen LogP contribution >= 0.6 is 0 Å². The van der Waals surface area contributed by atoms with Crippen molar-refractivity contribution in [3.05, 3.63) is 95.6 Å². The molecular weight excluding hydrogens is 348 g/mol. The van der Waals surface area contributed by atoms with Crippen LogP contribution in [0, 0.1) is 0 Å². The molecule has 28 heavy (non-hydrogen) atoms. The molecule has 140 valence electrons. The maximum absolute atomic E-state index is 6.39. The largest absolute Gasteiger partial charge is 0.494 e. The van der Waals surface area contributed by atoms with Crippen molar-refractivity contribution >= 4 is 5.71 Å². The fourth-order valence-electron chi connectivity index (χ4n) is 3.95. The lowest BCUT2D eigenvalue weighted by atomic mass is 9.96. The van der Waals surface area contributed by atoms with Crippen molar-refractivity contribution in [2.24, 2.45) is 5.10 Å². The first-order valence-corrected chi connectivity index (χ1v) is 9.73. The number of rotatable bonds is 4. The highest BCUT2D eigenvalue weighted by atomic mass is 16.5. The Hall–Kier alpha value is -3.27. The van der Waals surface area contributed by atoms with Crippen molar-refractivity contribution in [1.82, 2.24) is 5.01 Å². The van der Waals surface area contributed by atoms with Gasteiger partial charge in [-0.25, -0.2) is 5.01 Å². The molecule has 3 aromatic rings. The van der Waals surface area contributed by atoms with Crippen LogP contribution in [0.1, 0.15) is 42.3 Å². The van der Waals surface area contributed by atoms with E-state index in [1.54, 1.807) is 0 Å². The second-order valence-corrected chi connectivity index (χ2v) is 7.02. The molecule has 0 radical (unpaired) electrons. The van der Waals surface area contributed by atoms with Gasteiger partial charge in [0.15, 0.2) is 0 Å². The van der Waals surface area contributed by atoms with Crippen LogP contribution in [0.25, 0.3) is 0 Å². The lowest BCUT2D eigenvalue weighted by Gasteiger charge is -2.38. The standard InChI is InChI=1S/C24H22N2O2/c1-2-27-19-14-12-18(13-15-19)24-26-22(20-10-6-7-11-23(20)28-24)16-21(25-26)17-8-4-3-5-9-17/h3-15,22,24H,2,16H2,1H3/t22-,24-/m1/s1. The summed E-state index contributed by atoms with van der Waals surface area (Å²) in [7, 11) is 0. The molecule has 0 unspecified atom stereocenters. The molecule has 0 spiro atoms. The first-order chi connectivity index (χ1) is 13.8. The molecule has 0 saturated carbocycles. The molecule has 2 atom stereocenters. The first kappa shape index (κ1) is 16.9. The SMILES string of the molecule is CCOc1ccc([C@H]2Oc3ccccc3[C@H]3CC(c4ccccc4)=NN32)cc1. The van der Waals surface area contributed by atoms with Gasteiger partial charge in [0.25, 0.3) is 0 Å². The van der Waals surface area contributed by atoms with Crippen molar-refractivity contribution < 1.29 is 9.47 Å². The topological polar surface area (TPSA) is 34.1 Å². The first-order valence-electron chi connectivity index (χ1n) is 9.73. The summed E-state index contributed by atoms with van der Waals surface area (Å²) in [6, 6.07) is 27.0. The van der Waals surface area contributed by atoms with E-state index in [4.69, 9.17) is 14.6 Å². The minimum Gasteiger partial charge on any atom is -0.494 e. The number of fused-ring (bicyclic) bond motifs is 3. The Labute approximate surface area is 165 Å². The van der Waals surface area contributed by atoms with E-state index in [2.05, 4.69) is 59.6 Å². The van der Waals surface area contributed by atoms with Crippen LogP contribution in [0.2, 0.25) is 0 Å². The number of hydrogen-bond donors (Lipinski definition) is 0. The smallest absolute Gasteiger partial charge is 0.213 e. The molecule has 4 heteroatoms. The Morgan fingerprint density at radius 3 is 2.50 bits per heavy atom. The van der Waals surface area contributed by atoms with Gasteiger partial charge in [0.1, 0.15) is 11.5 Å². The third-order valence-corrected chi connectivity index (χ3v) is 5.28. The summed E-state index contributed by atoms with van der Waals surface area (Å²) in [6.07, 6.45) is 0.620. The predicted octanol–water partition coefficient (Wildman–Crippen LogP) is 5.33. The van der Waals surface area contributed by atoms with Gasteiger partial charge in [-0.1, -0.05) is 48.5 Å². The molecular formula is C24H22N2O2. The van der Waals surface area contributed by atoms with Gasteiger partial charge in [-0.05, 0) is 42.8 Å². The molecule has 5 rings (SSSR count). The predicted molar refractivity (Wildman–Crippen MR) is 110 cm³/mol. The van der Waals surface area contributed by atoms with Gasteiger partial charge in [-0.2, -0.15) is 5.10 Å². The van der Waals surface area contributed by atoms with Crippen molar-refractivity contribution in [2.75, 3.05) is 6.61 Å². The minimum atomic E-state index is -0.253. The molecule has 0 saturated heterocycles. The van der Waals surface area contributed by atoms with E-state index in [-0.39, 0.29) is 12.3 Å². The van der Waals surface area contributed by atoms with Crippen LogP contribution in [-0.4, -0.2) is 17.3 Å². The number of ether oxygens (including phenoxy) is 2. The van der Waals surface area contributed by atoms with Gasteiger partial charge < -0.3 is 9.47 Å².